The van der Waals surface area contributed by atoms with Crippen LogP contribution in [0, 0.1) is 0 Å². The smallest absolute Gasteiger partial charge is 0.164 e. The Hall–Kier alpha value is -6.65. The van der Waals surface area contributed by atoms with E-state index in [9.17, 15) is 0 Å². The van der Waals surface area contributed by atoms with E-state index in [0.29, 0.717) is 17.5 Å². The SMILES string of the molecule is C1=Cc2c(c(-c3nc(-c4ccccc4)nc(-c4cccc5oc6ccc(-c7ccc(-c8ccccc8)cc7)cc6c45)n3)cc3ccccc23)CC1. The van der Waals surface area contributed by atoms with Gasteiger partial charge in [0.05, 0.1) is 0 Å². The second-order valence-electron chi connectivity index (χ2n) is 13.1. The van der Waals surface area contributed by atoms with E-state index in [1.54, 1.807) is 0 Å². The van der Waals surface area contributed by atoms with Crippen LogP contribution in [0.1, 0.15) is 17.5 Å². The number of hydrogen-bond acceptors (Lipinski definition) is 4. The van der Waals surface area contributed by atoms with Gasteiger partial charge in [0.2, 0.25) is 0 Å². The summed E-state index contributed by atoms with van der Waals surface area (Å²) >= 11 is 0. The number of rotatable bonds is 5. The topological polar surface area (TPSA) is 51.8 Å². The van der Waals surface area contributed by atoms with E-state index in [-0.39, 0.29) is 0 Å². The predicted molar refractivity (Wildman–Crippen MR) is 209 cm³/mol. The van der Waals surface area contributed by atoms with Gasteiger partial charge in [0.25, 0.3) is 0 Å². The van der Waals surface area contributed by atoms with Gasteiger partial charge >= 0.3 is 0 Å². The molecule has 0 radical (unpaired) electrons. The van der Waals surface area contributed by atoms with E-state index in [2.05, 4.69) is 127 Å². The number of fused-ring (bicyclic) bond motifs is 6. The Morgan fingerprint density at radius 3 is 1.90 bits per heavy atom. The Morgan fingerprint density at radius 1 is 0.451 bits per heavy atom. The van der Waals surface area contributed by atoms with Crippen molar-refractivity contribution in [1.82, 2.24) is 15.0 Å². The molecule has 10 rings (SSSR count). The number of allylic oxidation sites excluding steroid dienone is 1. The molecule has 4 nitrogen and oxygen atoms in total. The number of hydrogen-bond donors (Lipinski definition) is 0. The fraction of sp³-hybridized carbons (Fsp3) is 0.0426. The van der Waals surface area contributed by atoms with Crippen molar-refractivity contribution in [1.29, 1.82) is 0 Å². The van der Waals surface area contributed by atoms with Crippen molar-refractivity contribution in [2.75, 3.05) is 0 Å². The van der Waals surface area contributed by atoms with Crippen molar-refractivity contribution in [3.8, 4) is 56.4 Å². The van der Waals surface area contributed by atoms with E-state index < -0.39 is 0 Å². The summed E-state index contributed by atoms with van der Waals surface area (Å²) in [5.41, 5.74) is 11.7. The zero-order valence-corrected chi connectivity index (χ0v) is 27.8. The largest absolute Gasteiger partial charge is 0.456 e. The molecule has 7 aromatic carbocycles. The molecular formula is C47H31N3O. The lowest BCUT2D eigenvalue weighted by Crippen LogP contribution is -2.05. The van der Waals surface area contributed by atoms with Crippen molar-refractivity contribution < 1.29 is 4.42 Å². The normalized spacial score (nSPS) is 12.5. The Balaban J connectivity index is 1.17. The Kier molecular flexibility index (Phi) is 6.91. The van der Waals surface area contributed by atoms with Gasteiger partial charge in [-0.25, -0.2) is 15.0 Å². The molecule has 0 fully saturated rings. The van der Waals surface area contributed by atoms with Crippen molar-refractivity contribution in [2.45, 2.75) is 12.8 Å². The number of benzene rings is 7. The number of aromatic nitrogens is 3. The minimum atomic E-state index is 0.623. The zero-order valence-electron chi connectivity index (χ0n) is 27.8. The van der Waals surface area contributed by atoms with E-state index in [1.165, 1.54) is 33.0 Å². The molecule has 4 heteroatoms. The lowest BCUT2D eigenvalue weighted by atomic mass is 9.88. The summed E-state index contributed by atoms with van der Waals surface area (Å²) in [7, 11) is 0. The van der Waals surface area contributed by atoms with Gasteiger partial charge in [0, 0.05) is 27.5 Å². The summed E-state index contributed by atoms with van der Waals surface area (Å²) in [6.45, 7) is 0. The lowest BCUT2D eigenvalue weighted by molar-refractivity contribution is 0.669. The molecule has 0 saturated heterocycles. The van der Waals surface area contributed by atoms with E-state index >= 15 is 0 Å². The highest BCUT2D eigenvalue weighted by atomic mass is 16.3. The minimum Gasteiger partial charge on any atom is -0.456 e. The molecule has 0 spiro atoms. The third-order valence-corrected chi connectivity index (χ3v) is 10.0. The first-order chi connectivity index (χ1) is 25.3. The van der Waals surface area contributed by atoms with Crippen LogP contribution in [0.15, 0.2) is 162 Å². The second kappa shape index (κ2) is 12.0. The summed E-state index contributed by atoms with van der Waals surface area (Å²) < 4.78 is 6.46. The van der Waals surface area contributed by atoms with Gasteiger partial charge in [-0.05, 0) is 81.3 Å². The van der Waals surface area contributed by atoms with Gasteiger partial charge in [-0.1, -0.05) is 140 Å². The molecule has 2 aromatic heterocycles. The maximum Gasteiger partial charge on any atom is 0.164 e. The standard InChI is InChI=1S/C47H31N3O/c1-3-12-30(13-4-1)31-22-24-32(25-23-31)34-26-27-42-41(28-34)44-39(20-11-21-43(44)51-42)46-48-45(33-14-5-2-6-15-33)49-47(50-46)40-29-35-16-7-8-17-36(35)37-18-9-10-19-38(37)40/h1-9,11-18,20-29H,10,19H2. The fourth-order valence-corrected chi connectivity index (χ4v) is 7.52. The first kappa shape index (κ1) is 29.3. The Morgan fingerprint density at radius 2 is 1.10 bits per heavy atom. The molecule has 9 aromatic rings. The van der Waals surface area contributed by atoms with Gasteiger partial charge in [-0.2, -0.15) is 0 Å². The van der Waals surface area contributed by atoms with E-state index in [1.807, 2.05) is 36.4 Å². The van der Waals surface area contributed by atoms with Crippen LogP contribution >= 0.6 is 0 Å². The third-order valence-electron chi connectivity index (χ3n) is 10.0. The van der Waals surface area contributed by atoms with Crippen molar-refractivity contribution in [3.05, 3.63) is 169 Å². The van der Waals surface area contributed by atoms with Gasteiger partial charge in [-0.15, -0.1) is 0 Å². The molecule has 0 N–H and O–H groups in total. The molecule has 1 aliphatic carbocycles. The molecule has 240 valence electrons. The average molecular weight is 654 g/mol. The third kappa shape index (κ3) is 5.12. The van der Waals surface area contributed by atoms with Crippen LogP contribution in [0.3, 0.4) is 0 Å². The molecule has 0 aliphatic heterocycles. The first-order valence-electron chi connectivity index (χ1n) is 17.4. The first-order valence-corrected chi connectivity index (χ1v) is 17.4. The van der Waals surface area contributed by atoms with Crippen LogP contribution in [0.5, 0.6) is 0 Å². The summed E-state index contributed by atoms with van der Waals surface area (Å²) in [5.74, 6) is 1.95. The van der Waals surface area contributed by atoms with Crippen molar-refractivity contribution in [3.63, 3.8) is 0 Å². The fourth-order valence-electron chi connectivity index (χ4n) is 7.52. The highest BCUT2D eigenvalue weighted by molar-refractivity contribution is 6.13. The monoisotopic (exact) mass is 653 g/mol. The summed E-state index contributed by atoms with van der Waals surface area (Å²) in [4.78, 5) is 15.6. The van der Waals surface area contributed by atoms with Crippen LogP contribution < -0.4 is 0 Å². The molecule has 0 amide bonds. The maximum absolute atomic E-state index is 6.46. The molecule has 1 aliphatic rings. The molecule has 0 bridgehead atoms. The highest BCUT2D eigenvalue weighted by Crippen LogP contribution is 2.40. The quantitative estimate of drug-likeness (QED) is 0.185. The van der Waals surface area contributed by atoms with Crippen LogP contribution in [-0.4, -0.2) is 15.0 Å². The molecule has 0 saturated carbocycles. The van der Waals surface area contributed by atoms with Crippen LogP contribution in [0.4, 0.5) is 0 Å². The highest BCUT2D eigenvalue weighted by Gasteiger charge is 2.21. The minimum absolute atomic E-state index is 0.623. The average Bonchev–Trinajstić information content (AvgIpc) is 3.59. The van der Waals surface area contributed by atoms with Crippen LogP contribution in [0.2, 0.25) is 0 Å². The summed E-state index contributed by atoms with van der Waals surface area (Å²) in [6, 6.07) is 52.9. The Bertz CT molecular complexity index is 2780. The molecule has 51 heavy (non-hydrogen) atoms. The predicted octanol–water partition coefficient (Wildman–Crippen LogP) is 12.2. The zero-order chi connectivity index (χ0) is 33.7. The van der Waals surface area contributed by atoms with Gasteiger partial charge in [-0.3, -0.25) is 0 Å². The number of furan rings is 1. The van der Waals surface area contributed by atoms with Gasteiger partial charge in [0.1, 0.15) is 11.2 Å². The lowest BCUT2D eigenvalue weighted by Gasteiger charge is -2.18. The maximum atomic E-state index is 6.46. The van der Waals surface area contributed by atoms with Gasteiger partial charge in [0.15, 0.2) is 17.5 Å². The summed E-state index contributed by atoms with van der Waals surface area (Å²) in [6.07, 6.45) is 6.45. The van der Waals surface area contributed by atoms with Gasteiger partial charge < -0.3 is 4.42 Å². The van der Waals surface area contributed by atoms with Crippen LogP contribution in [0.25, 0.3) is 95.2 Å². The second-order valence-corrected chi connectivity index (χ2v) is 13.1. The molecular weight excluding hydrogens is 623 g/mol. The Labute approximate surface area is 295 Å². The van der Waals surface area contributed by atoms with Crippen molar-refractivity contribution >= 4 is 38.8 Å². The van der Waals surface area contributed by atoms with Crippen molar-refractivity contribution in [2.24, 2.45) is 0 Å². The van der Waals surface area contributed by atoms with E-state index in [0.717, 1.165) is 62.6 Å². The number of nitrogens with zero attached hydrogens (tertiary/aromatic N) is 3. The molecule has 2 heterocycles. The molecule has 0 atom stereocenters. The van der Waals surface area contributed by atoms with E-state index in [4.69, 9.17) is 19.4 Å². The summed E-state index contributed by atoms with van der Waals surface area (Å²) in [5, 5.41) is 4.45. The van der Waals surface area contributed by atoms with Crippen LogP contribution in [-0.2, 0) is 6.42 Å². The molecule has 0 unspecified atom stereocenters.